The number of hydrogen-bond donors (Lipinski definition) is 2. The lowest BCUT2D eigenvalue weighted by Gasteiger charge is -2.31. The second-order valence-corrected chi connectivity index (χ2v) is 11.0. The number of nitrogens with one attached hydrogen (secondary N) is 1. The lowest BCUT2D eigenvalue weighted by Crippen LogP contribution is -2.48. The van der Waals surface area contributed by atoms with E-state index in [2.05, 4.69) is 20.4 Å². The van der Waals surface area contributed by atoms with Crippen molar-refractivity contribution in [3.63, 3.8) is 0 Å². The summed E-state index contributed by atoms with van der Waals surface area (Å²) in [5, 5.41) is 13.7. The molecule has 2 N–H and O–H groups in total. The largest absolute Gasteiger partial charge is 0.490 e. The van der Waals surface area contributed by atoms with Crippen molar-refractivity contribution in [2.24, 2.45) is 7.05 Å². The van der Waals surface area contributed by atoms with Crippen LogP contribution < -0.4 is 10.9 Å². The number of carbonyl (C=O) groups excluding carboxylic acids is 1. The molecular formula is C29H24ClF7N6O4. The van der Waals surface area contributed by atoms with Crippen LogP contribution in [0, 0.1) is 5.82 Å². The van der Waals surface area contributed by atoms with E-state index in [0.717, 1.165) is 34.3 Å². The number of halogens is 8. The highest BCUT2D eigenvalue weighted by molar-refractivity contribution is 6.31. The molecule has 3 aromatic heterocycles. The van der Waals surface area contributed by atoms with E-state index in [0.29, 0.717) is 36.7 Å². The van der Waals surface area contributed by atoms with Gasteiger partial charge in [-0.25, -0.2) is 14.2 Å². The smallest absolute Gasteiger partial charge is 0.475 e. The number of benzene rings is 1. The van der Waals surface area contributed by atoms with Crippen LogP contribution in [-0.4, -0.2) is 47.5 Å². The molecule has 1 aliphatic heterocycles. The topological polar surface area (TPSA) is 132 Å². The third-order valence-corrected chi connectivity index (χ3v) is 7.65. The van der Waals surface area contributed by atoms with Gasteiger partial charge >= 0.3 is 18.3 Å². The highest BCUT2D eigenvalue weighted by Gasteiger charge is 2.40. The van der Waals surface area contributed by atoms with Crippen LogP contribution in [0.25, 0.3) is 22.5 Å². The predicted octanol–water partition coefficient (Wildman–Crippen LogP) is 6.23. The maximum Gasteiger partial charge on any atom is 0.490 e. The van der Waals surface area contributed by atoms with E-state index in [4.69, 9.17) is 21.5 Å². The number of fused-ring (bicyclic) bond motifs is 4. The number of alkyl halides is 6. The van der Waals surface area contributed by atoms with Gasteiger partial charge in [0, 0.05) is 36.1 Å². The standard InChI is InChI=1S/C27H23ClF4N6O2.C2HF3O2/c1-26(38-14-34-19(12-21(38)39)22-17(27(30,31)32)6-7-18(28)23(22)29)9-4-3-5-16-11-15(8-10-33-16)24-20(36-25(26)40)13-35-37(24)2;3-2(4,5)1(6)7/h6-8,10-14H,3-5,9H2,1-2H3,(H,36,40);(H,6,7)/t26-;/m1./s1. The minimum atomic E-state index is -5.08. The van der Waals surface area contributed by atoms with E-state index in [1.54, 1.807) is 30.9 Å². The fourth-order valence-electron chi connectivity index (χ4n) is 4.95. The summed E-state index contributed by atoms with van der Waals surface area (Å²) in [5.74, 6) is -4.65. The summed E-state index contributed by atoms with van der Waals surface area (Å²) in [6, 6.07) is 5.94. The molecule has 1 amide bonds. The van der Waals surface area contributed by atoms with Gasteiger partial charge in [0.2, 0.25) is 0 Å². The minimum absolute atomic E-state index is 0.203. The molecule has 0 spiro atoms. The average molecular weight is 689 g/mol. The van der Waals surface area contributed by atoms with Crippen LogP contribution in [0.5, 0.6) is 0 Å². The Hall–Kier alpha value is -4.80. The Morgan fingerprint density at radius 3 is 2.36 bits per heavy atom. The lowest BCUT2D eigenvalue weighted by atomic mass is 9.91. The summed E-state index contributed by atoms with van der Waals surface area (Å²) in [7, 11) is 1.73. The monoisotopic (exact) mass is 688 g/mol. The van der Waals surface area contributed by atoms with Crippen LogP contribution in [0.3, 0.4) is 0 Å². The summed E-state index contributed by atoms with van der Waals surface area (Å²) >= 11 is 5.76. The molecule has 10 nitrogen and oxygen atoms in total. The van der Waals surface area contributed by atoms with Gasteiger partial charge in [0.05, 0.1) is 40.2 Å². The minimum Gasteiger partial charge on any atom is -0.475 e. The molecule has 0 unspecified atom stereocenters. The summed E-state index contributed by atoms with van der Waals surface area (Å²) in [6.45, 7) is 1.55. The number of carbonyl (C=O) groups is 2. The first-order chi connectivity index (χ1) is 21.8. The van der Waals surface area contributed by atoms with Gasteiger partial charge < -0.3 is 10.4 Å². The molecule has 250 valence electrons. The molecule has 0 radical (unpaired) electrons. The molecule has 4 heterocycles. The van der Waals surface area contributed by atoms with Crippen molar-refractivity contribution in [3.05, 3.63) is 81.5 Å². The first-order valence-electron chi connectivity index (χ1n) is 13.6. The summed E-state index contributed by atoms with van der Waals surface area (Å²) < 4.78 is 90.2. The maximum absolute atomic E-state index is 14.8. The van der Waals surface area contributed by atoms with Gasteiger partial charge in [-0.1, -0.05) is 18.0 Å². The normalized spacial score (nSPS) is 16.9. The number of anilines is 1. The summed E-state index contributed by atoms with van der Waals surface area (Å²) in [4.78, 5) is 44.4. The molecule has 47 heavy (non-hydrogen) atoms. The van der Waals surface area contributed by atoms with Crippen LogP contribution in [0.2, 0.25) is 5.02 Å². The fourth-order valence-corrected chi connectivity index (χ4v) is 5.11. The van der Waals surface area contributed by atoms with Crippen molar-refractivity contribution < 1.29 is 45.4 Å². The molecule has 2 bridgehead atoms. The van der Waals surface area contributed by atoms with Crippen LogP contribution in [0.4, 0.5) is 36.4 Å². The van der Waals surface area contributed by atoms with E-state index >= 15 is 0 Å². The molecule has 1 atom stereocenters. The van der Waals surface area contributed by atoms with E-state index in [-0.39, 0.29) is 6.42 Å². The Kier molecular flexibility index (Phi) is 9.80. The van der Waals surface area contributed by atoms with Crippen molar-refractivity contribution in [2.75, 3.05) is 5.32 Å². The van der Waals surface area contributed by atoms with Crippen LogP contribution in [0.15, 0.2) is 53.8 Å². The summed E-state index contributed by atoms with van der Waals surface area (Å²) in [5.41, 5.74) is -2.44. The Balaban J connectivity index is 0.000000644. The second kappa shape index (κ2) is 13.1. The number of rotatable bonds is 2. The number of aliphatic carboxylic acids is 1. The zero-order valence-electron chi connectivity index (χ0n) is 24.4. The third-order valence-electron chi connectivity index (χ3n) is 7.35. The van der Waals surface area contributed by atoms with Crippen molar-refractivity contribution in [1.82, 2.24) is 24.3 Å². The number of amides is 1. The highest BCUT2D eigenvalue weighted by Crippen LogP contribution is 2.40. The van der Waals surface area contributed by atoms with Crippen LogP contribution in [0.1, 0.15) is 37.4 Å². The van der Waals surface area contributed by atoms with Crippen molar-refractivity contribution in [2.45, 2.75) is 50.5 Å². The molecular weight excluding hydrogens is 665 g/mol. The highest BCUT2D eigenvalue weighted by atomic mass is 35.5. The molecule has 1 aliphatic rings. The third kappa shape index (κ3) is 7.45. The Morgan fingerprint density at radius 1 is 1.06 bits per heavy atom. The molecule has 1 aromatic carbocycles. The first kappa shape index (κ1) is 35.1. The van der Waals surface area contributed by atoms with E-state index in [9.17, 15) is 40.3 Å². The van der Waals surface area contributed by atoms with Gasteiger partial charge in [0.25, 0.3) is 11.5 Å². The predicted molar refractivity (Wildman–Crippen MR) is 154 cm³/mol. The van der Waals surface area contributed by atoms with Gasteiger partial charge in [-0.05, 0) is 50.5 Å². The molecule has 0 saturated carbocycles. The van der Waals surface area contributed by atoms with E-state index < -0.39 is 63.0 Å². The van der Waals surface area contributed by atoms with E-state index in [1.165, 1.54) is 6.20 Å². The number of carboxylic acid groups (broad SMARTS) is 1. The molecule has 0 aliphatic carbocycles. The zero-order chi connectivity index (χ0) is 34.9. The van der Waals surface area contributed by atoms with E-state index in [1.807, 2.05) is 6.07 Å². The lowest BCUT2D eigenvalue weighted by molar-refractivity contribution is -0.192. The van der Waals surface area contributed by atoms with Gasteiger partial charge in [0.15, 0.2) is 5.82 Å². The second-order valence-electron chi connectivity index (χ2n) is 10.6. The number of aromatic nitrogens is 5. The van der Waals surface area contributed by atoms with Crippen molar-refractivity contribution in [1.29, 1.82) is 0 Å². The summed E-state index contributed by atoms with van der Waals surface area (Å²) in [6.07, 6.45) is -3.86. The first-order valence-corrected chi connectivity index (χ1v) is 14.0. The maximum atomic E-state index is 14.8. The SMILES string of the molecule is Cn1ncc2c1-c1ccnc(c1)CCCC[C@@](C)(n1cnc(-c3c(C(F)(F)F)ccc(Cl)c3F)cc1=O)C(=O)N2.O=C(O)C(F)(F)F. The number of hydrogen-bond acceptors (Lipinski definition) is 6. The van der Waals surface area contributed by atoms with Crippen LogP contribution in [-0.2, 0) is 34.8 Å². The number of nitrogens with zero attached hydrogens (tertiary/aromatic N) is 5. The molecule has 18 heteroatoms. The van der Waals surface area contributed by atoms with Gasteiger partial charge in [-0.2, -0.15) is 31.4 Å². The Labute approximate surface area is 265 Å². The fraction of sp³-hybridized carbons (Fsp3) is 0.310. The van der Waals surface area contributed by atoms with Gasteiger partial charge in [0.1, 0.15) is 5.54 Å². The average Bonchev–Trinajstić information content (AvgIpc) is 3.34. The Bertz CT molecular complexity index is 1890. The quantitative estimate of drug-likeness (QED) is 0.239. The molecule has 5 rings (SSSR count). The van der Waals surface area contributed by atoms with Gasteiger partial charge in [-0.15, -0.1) is 0 Å². The molecule has 0 fully saturated rings. The van der Waals surface area contributed by atoms with Crippen molar-refractivity contribution in [3.8, 4) is 22.5 Å². The molecule has 4 aromatic rings. The number of pyridine rings is 1. The molecule has 0 saturated heterocycles. The van der Waals surface area contributed by atoms with Gasteiger partial charge in [-0.3, -0.25) is 23.8 Å². The number of carboxylic acids is 1. The Morgan fingerprint density at radius 2 is 1.74 bits per heavy atom. The van der Waals surface area contributed by atoms with Crippen molar-refractivity contribution >= 4 is 29.2 Å². The number of aryl methyl sites for hydroxylation is 2. The van der Waals surface area contributed by atoms with Crippen LogP contribution >= 0.6 is 11.6 Å². The zero-order valence-corrected chi connectivity index (χ0v) is 25.1.